The van der Waals surface area contributed by atoms with E-state index in [0.29, 0.717) is 18.6 Å². The van der Waals surface area contributed by atoms with Crippen LogP contribution in [-0.2, 0) is 19.1 Å². The van der Waals surface area contributed by atoms with Crippen molar-refractivity contribution in [3.63, 3.8) is 0 Å². The Hall–Kier alpha value is -1.24. The number of fused-ring (bicyclic) bond motifs is 5. The average Bonchev–Trinajstić information content (AvgIpc) is 2.96. The first-order valence-electron chi connectivity index (χ1n) is 11.6. The average molecular weight is 469 g/mol. The van der Waals surface area contributed by atoms with E-state index < -0.39 is 45.5 Å². The highest BCUT2D eigenvalue weighted by Crippen LogP contribution is 2.72. The molecule has 0 radical (unpaired) electrons. The highest BCUT2D eigenvalue weighted by Gasteiger charge is 2.76. The maximum absolute atomic E-state index is 15.6. The molecule has 0 aliphatic heterocycles. The van der Waals surface area contributed by atoms with Crippen molar-refractivity contribution < 1.29 is 28.6 Å². The Morgan fingerprint density at radius 1 is 1.31 bits per heavy atom. The van der Waals surface area contributed by atoms with E-state index >= 15 is 4.39 Å². The number of methoxy groups -OCH3 is 1. The molecule has 9 atom stereocenters. The number of carbonyl (C=O) groups excluding carboxylic acids is 2. The van der Waals surface area contributed by atoms with Gasteiger partial charge in [-0.3, -0.25) is 4.79 Å². The van der Waals surface area contributed by atoms with Crippen LogP contribution < -0.4 is 0 Å². The number of ether oxygens (including phenoxy) is 2. The molecule has 0 aromatic carbocycles. The smallest absolute Gasteiger partial charge is 0.338 e. The topological polar surface area (TPSA) is 72.8 Å². The maximum Gasteiger partial charge on any atom is 0.338 e. The van der Waals surface area contributed by atoms with E-state index in [4.69, 9.17) is 21.1 Å². The molecule has 0 unspecified atom stereocenters. The number of aliphatic hydroxyl groups is 1. The number of esters is 1. The summed E-state index contributed by atoms with van der Waals surface area (Å²) in [6.07, 6.45) is 3.72. The first-order chi connectivity index (χ1) is 14.9. The minimum atomic E-state index is -1.35. The van der Waals surface area contributed by atoms with Crippen LogP contribution in [-0.4, -0.2) is 53.3 Å². The molecular weight excluding hydrogens is 435 g/mol. The fraction of sp³-hybridized carbons (Fsp3) is 0.760. The lowest BCUT2D eigenvalue weighted by Crippen LogP contribution is -2.70. The van der Waals surface area contributed by atoms with Gasteiger partial charge in [0, 0.05) is 17.4 Å². The number of alkyl halides is 2. The van der Waals surface area contributed by atoms with Gasteiger partial charge in [0.1, 0.15) is 6.17 Å². The largest absolute Gasteiger partial charge is 0.467 e. The molecule has 0 saturated heterocycles. The maximum atomic E-state index is 15.6. The van der Waals surface area contributed by atoms with Gasteiger partial charge in [-0.1, -0.05) is 33.8 Å². The Labute approximate surface area is 194 Å². The van der Waals surface area contributed by atoms with Crippen molar-refractivity contribution >= 4 is 23.4 Å². The van der Waals surface area contributed by atoms with Crippen LogP contribution >= 0.6 is 11.6 Å². The second kappa shape index (κ2) is 7.64. The molecule has 0 spiro atoms. The van der Waals surface area contributed by atoms with Crippen LogP contribution in [0, 0.1) is 28.6 Å². The summed E-state index contributed by atoms with van der Waals surface area (Å²) in [7, 11) is 1.36. The molecule has 0 bridgehead atoms. The molecule has 178 valence electrons. The van der Waals surface area contributed by atoms with Crippen molar-refractivity contribution in [3.05, 3.63) is 23.8 Å². The highest BCUT2D eigenvalue weighted by atomic mass is 35.5. The monoisotopic (exact) mass is 468 g/mol. The molecule has 0 aromatic rings. The minimum absolute atomic E-state index is 0.0983. The number of rotatable bonds is 4. The number of aliphatic hydroxyl groups excluding tert-OH is 1. The fourth-order valence-electron chi connectivity index (χ4n) is 7.74. The highest BCUT2D eigenvalue weighted by molar-refractivity contribution is 6.26. The van der Waals surface area contributed by atoms with E-state index in [1.807, 2.05) is 27.7 Å². The lowest BCUT2D eigenvalue weighted by molar-refractivity contribution is -0.213. The quantitative estimate of drug-likeness (QED) is 0.495. The molecule has 5 nitrogen and oxygen atoms in total. The Morgan fingerprint density at radius 3 is 2.62 bits per heavy atom. The van der Waals surface area contributed by atoms with E-state index in [-0.39, 0.29) is 30.5 Å². The number of allylic oxidation sites excluding steroid dienone is 4. The number of ketones is 1. The number of hydrogen-bond acceptors (Lipinski definition) is 5. The SMILES string of the molecule is CCCO[C@]1(C(=O)OC)[C@H](C)C[C@H]2[C@@H]3C[C@H](F)C4=CC(=O)C=C[C@]4(C)[C@@]3(Cl)[C@@H](O)C[C@@]21C. The zero-order chi connectivity index (χ0) is 23.7. The van der Waals surface area contributed by atoms with Crippen LogP contribution in [0.4, 0.5) is 4.39 Å². The molecular formula is C25H34ClFO5. The molecule has 3 fully saturated rings. The van der Waals surface area contributed by atoms with Gasteiger partial charge >= 0.3 is 5.97 Å². The lowest BCUT2D eigenvalue weighted by Gasteiger charge is -2.64. The van der Waals surface area contributed by atoms with Gasteiger partial charge in [0.15, 0.2) is 11.4 Å². The minimum Gasteiger partial charge on any atom is -0.467 e. The lowest BCUT2D eigenvalue weighted by atomic mass is 9.45. The normalized spacial score (nSPS) is 49.7. The molecule has 0 heterocycles. The van der Waals surface area contributed by atoms with Crippen molar-refractivity contribution in [2.75, 3.05) is 13.7 Å². The molecule has 0 aromatic heterocycles. The van der Waals surface area contributed by atoms with Crippen LogP contribution in [0.25, 0.3) is 0 Å². The van der Waals surface area contributed by atoms with Crippen LogP contribution in [0.1, 0.15) is 53.4 Å². The predicted octanol–water partition coefficient (Wildman–Crippen LogP) is 4.16. The summed E-state index contributed by atoms with van der Waals surface area (Å²) >= 11 is 7.37. The zero-order valence-electron chi connectivity index (χ0n) is 19.5. The summed E-state index contributed by atoms with van der Waals surface area (Å²) in [5.41, 5.74) is -2.67. The number of hydrogen-bond donors (Lipinski definition) is 1. The van der Waals surface area contributed by atoms with Gasteiger partial charge in [-0.2, -0.15) is 0 Å². The van der Waals surface area contributed by atoms with E-state index in [2.05, 4.69) is 0 Å². The van der Waals surface area contributed by atoms with E-state index in [9.17, 15) is 14.7 Å². The Balaban J connectivity index is 1.86. The van der Waals surface area contributed by atoms with Crippen LogP contribution in [0.2, 0.25) is 0 Å². The summed E-state index contributed by atoms with van der Waals surface area (Å²) in [5.74, 6) is -1.46. The van der Waals surface area contributed by atoms with Crippen molar-refractivity contribution in [3.8, 4) is 0 Å². The van der Waals surface area contributed by atoms with Gasteiger partial charge in [0.05, 0.1) is 18.1 Å². The second-order valence-electron chi connectivity index (χ2n) is 10.6. The molecule has 4 rings (SSSR count). The first kappa shape index (κ1) is 23.9. The third-order valence-electron chi connectivity index (χ3n) is 9.19. The summed E-state index contributed by atoms with van der Waals surface area (Å²) in [5, 5.41) is 11.6. The fourth-order valence-corrected chi connectivity index (χ4v) is 8.23. The summed E-state index contributed by atoms with van der Waals surface area (Å²) in [4.78, 5) is 24.1. The Morgan fingerprint density at radius 2 is 2.00 bits per heavy atom. The van der Waals surface area contributed by atoms with Gasteiger partial charge in [0.25, 0.3) is 0 Å². The van der Waals surface area contributed by atoms with E-state index in [1.165, 1.54) is 19.3 Å². The molecule has 4 aliphatic carbocycles. The standard InChI is InChI=1S/C25H34ClFO5/c1-6-9-32-25(21(30)31-5)14(2)10-16-17-12-19(27)18-11-15(28)7-8-22(18,3)24(17,26)20(29)13-23(16,25)4/h7-8,11,14,16-17,19-20,29H,6,9-10,12-13H2,1-5H3/t14-,16+,17+,19+,20+,22+,23+,24+,25+/m1/s1. The summed E-state index contributed by atoms with van der Waals surface area (Å²) in [6, 6.07) is 0. The number of carbonyl (C=O) groups is 2. The molecule has 3 saturated carbocycles. The third kappa shape index (κ3) is 2.69. The molecule has 4 aliphatic rings. The van der Waals surface area contributed by atoms with E-state index in [1.54, 1.807) is 6.08 Å². The second-order valence-corrected chi connectivity index (χ2v) is 11.2. The van der Waals surface area contributed by atoms with Gasteiger partial charge in [0.2, 0.25) is 0 Å². The molecule has 32 heavy (non-hydrogen) atoms. The number of halogens is 2. The van der Waals surface area contributed by atoms with Gasteiger partial charge < -0.3 is 14.6 Å². The third-order valence-corrected chi connectivity index (χ3v) is 10.1. The van der Waals surface area contributed by atoms with E-state index in [0.717, 1.165) is 6.42 Å². The summed E-state index contributed by atoms with van der Waals surface area (Å²) < 4.78 is 27.1. The molecule has 7 heteroatoms. The zero-order valence-corrected chi connectivity index (χ0v) is 20.2. The van der Waals surface area contributed by atoms with Crippen molar-refractivity contribution in [2.24, 2.45) is 28.6 Å². The van der Waals surface area contributed by atoms with Gasteiger partial charge in [-0.25, -0.2) is 9.18 Å². The van der Waals surface area contributed by atoms with Crippen LogP contribution in [0.3, 0.4) is 0 Å². The van der Waals surface area contributed by atoms with Crippen molar-refractivity contribution in [1.82, 2.24) is 0 Å². The van der Waals surface area contributed by atoms with Crippen molar-refractivity contribution in [1.29, 1.82) is 0 Å². The molecule has 0 amide bonds. The molecule has 1 N–H and O–H groups in total. The summed E-state index contributed by atoms with van der Waals surface area (Å²) in [6.45, 7) is 8.12. The van der Waals surface area contributed by atoms with Gasteiger partial charge in [-0.15, -0.1) is 11.6 Å². The van der Waals surface area contributed by atoms with Crippen LogP contribution in [0.5, 0.6) is 0 Å². The van der Waals surface area contributed by atoms with Gasteiger partial charge in [-0.05, 0) is 61.2 Å². The predicted molar refractivity (Wildman–Crippen MR) is 119 cm³/mol. The van der Waals surface area contributed by atoms with Crippen molar-refractivity contribution in [2.45, 2.75) is 76.1 Å². The first-order valence-corrected chi connectivity index (χ1v) is 12.0. The Kier molecular flexibility index (Phi) is 5.71. The van der Waals surface area contributed by atoms with Crippen LogP contribution in [0.15, 0.2) is 23.8 Å². The Bertz CT molecular complexity index is 888.